The minimum Gasteiger partial charge on any atom is -0.484 e. The summed E-state index contributed by atoms with van der Waals surface area (Å²) >= 11 is 0. The number of carbonyl (C=O) groups excluding carboxylic acids is 1. The Labute approximate surface area is 174 Å². The van der Waals surface area contributed by atoms with Gasteiger partial charge in [-0.15, -0.1) is 0 Å². The van der Waals surface area contributed by atoms with E-state index in [4.69, 9.17) is 4.74 Å². The maximum atomic E-state index is 13.6. The number of ether oxygens (including phenoxy) is 1. The van der Waals surface area contributed by atoms with Crippen LogP contribution in [0.2, 0.25) is 0 Å². The lowest BCUT2D eigenvalue weighted by atomic mass is 10.1. The lowest BCUT2D eigenvalue weighted by Crippen LogP contribution is -2.44. The molecule has 1 amide bonds. The first-order valence-corrected chi connectivity index (χ1v) is 9.92. The molecule has 0 bridgehead atoms. The lowest BCUT2D eigenvalue weighted by Gasteiger charge is -2.34. The number of piperazine rings is 1. The van der Waals surface area contributed by atoms with Gasteiger partial charge in [0.05, 0.1) is 11.3 Å². The van der Waals surface area contributed by atoms with Gasteiger partial charge in [0, 0.05) is 31.9 Å². The summed E-state index contributed by atoms with van der Waals surface area (Å²) < 4.78 is 46.3. The number of alkyl halides is 3. The molecule has 5 nitrogen and oxygen atoms in total. The summed E-state index contributed by atoms with van der Waals surface area (Å²) in [6.45, 7) is 4.54. The van der Waals surface area contributed by atoms with Gasteiger partial charge < -0.3 is 19.9 Å². The maximum Gasteiger partial charge on any atom is 0.418 e. The highest BCUT2D eigenvalue weighted by Crippen LogP contribution is 2.37. The van der Waals surface area contributed by atoms with E-state index in [1.54, 1.807) is 18.2 Å². The van der Waals surface area contributed by atoms with Crippen LogP contribution in [0.4, 0.5) is 24.5 Å². The Kier molecular flexibility index (Phi) is 6.87. The van der Waals surface area contributed by atoms with Crippen LogP contribution in [0.1, 0.15) is 18.1 Å². The zero-order chi connectivity index (χ0) is 21.7. The monoisotopic (exact) mass is 421 g/mol. The Morgan fingerprint density at radius 2 is 1.73 bits per heavy atom. The fourth-order valence-corrected chi connectivity index (χ4v) is 3.29. The molecule has 162 valence electrons. The van der Waals surface area contributed by atoms with Crippen LogP contribution in [0.5, 0.6) is 5.75 Å². The first-order valence-electron chi connectivity index (χ1n) is 9.92. The summed E-state index contributed by atoms with van der Waals surface area (Å²) in [6, 6.07) is 11.3. The second-order valence-corrected chi connectivity index (χ2v) is 7.35. The molecule has 0 spiro atoms. The molecular formula is C22H26F3N3O2. The van der Waals surface area contributed by atoms with Crippen molar-refractivity contribution in [2.24, 2.45) is 0 Å². The average Bonchev–Trinajstić information content (AvgIpc) is 2.73. The van der Waals surface area contributed by atoms with Gasteiger partial charge in [-0.25, -0.2) is 0 Å². The highest BCUT2D eigenvalue weighted by atomic mass is 19.4. The van der Waals surface area contributed by atoms with Gasteiger partial charge in [0.25, 0.3) is 5.91 Å². The summed E-state index contributed by atoms with van der Waals surface area (Å²) in [7, 11) is 1.98. The van der Waals surface area contributed by atoms with Gasteiger partial charge >= 0.3 is 6.18 Å². The fraction of sp³-hybridized carbons (Fsp3) is 0.409. The second kappa shape index (κ2) is 9.38. The molecule has 8 heteroatoms. The topological polar surface area (TPSA) is 44.8 Å². The van der Waals surface area contributed by atoms with E-state index in [1.807, 2.05) is 31.0 Å². The van der Waals surface area contributed by atoms with Crippen molar-refractivity contribution < 1.29 is 22.7 Å². The standard InChI is InChI=1S/C22H26F3N3O2/c1-3-16-4-7-18(8-5-16)30-15-21(29)26-20-9-6-17(14-19(20)22(23,24)25)28-12-10-27(2)11-13-28/h4-9,14H,3,10-13,15H2,1-2H3,(H,26,29). The molecule has 1 aliphatic rings. The third-order valence-corrected chi connectivity index (χ3v) is 5.15. The van der Waals surface area contributed by atoms with Gasteiger partial charge in [-0.3, -0.25) is 4.79 Å². The van der Waals surface area contributed by atoms with Crippen molar-refractivity contribution in [1.82, 2.24) is 4.90 Å². The smallest absolute Gasteiger partial charge is 0.418 e. The fourth-order valence-electron chi connectivity index (χ4n) is 3.29. The number of nitrogens with zero attached hydrogens (tertiary/aromatic N) is 2. The number of rotatable bonds is 6. The summed E-state index contributed by atoms with van der Waals surface area (Å²) in [6.07, 6.45) is -3.70. The molecule has 0 aromatic heterocycles. The van der Waals surface area contributed by atoms with Crippen LogP contribution in [-0.4, -0.2) is 50.6 Å². The SMILES string of the molecule is CCc1ccc(OCC(=O)Nc2ccc(N3CCN(C)CC3)cc2C(F)(F)F)cc1. The largest absolute Gasteiger partial charge is 0.484 e. The average molecular weight is 421 g/mol. The number of likely N-dealkylation sites (N-methyl/N-ethyl adjacent to an activating group) is 1. The van der Waals surface area contributed by atoms with E-state index in [0.717, 1.165) is 31.1 Å². The van der Waals surface area contributed by atoms with E-state index in [-0.39, 0.29) is 12.3 Å². The van der Waals surface area contributed by atoms with Crippen LogP contribution in [0, 0.1) is 0 Å². The first-order chi connectivity index (χ1) is 14.3. The van der Waals surface area contributed by atoms with Crippen LogP contribution in [0.3, 0.4) is 0 Å². The molecule has 2 aromatic carbocycles. The van der Waals surface area contributed by atoms with Crippen LogP contribution >= 0.6 is 0 Å². The minimum absolute atomic E-state index is 0.268. The molecule has 1 N–H and O–H groups in total. The van der Waals surface area contributed by atoms with Gasteiger partial charge in [0.15, 0.2) is 6.61 Å². The zero-order valence-corrected chi connectivity index (χ0v) is 17.1. The van der Waals surface area contributed by atoms with Crippen LogP contribution < -0.4 is 15.0 Å². The Morgan fingerprint density at radius 1 is 1.07 bits per heavy atom. The minimum atomic E-state index is -4.58. The van der Waals surface area contributed by atoms with Crippen molar-refractivity contribution in [2.45, 2.75) is 19.5 Å². The van der Waals surface area contributed by atoms with E-state index >= 15 is 0 Å². The van der Waals surface area contributed by atoms with E-state index < -0.39 is 17.6 Å². The number of anilines is 2. The van der Waals surface area contributed by atoms with Gasteiger partial charge in [-0.1, -0.05) is 19.1 Å². The third-order valence-electron chi connectivity index (χ3n) is 5.15. The summed E-state index contributed by atoms with van der Waals surface area (Å²) in [5.74, 6) is -0.156. The molecule has 30 heavy (non-hydrogen) atoms. The third kappa shape index (κ3) is 5.66. The highest BCUT2D eigenvalue weighted by Gasteiger charge is 2.35. The van der Waals surface area contributed by atoms with Crippen molar-refractivity contribution in [1.29, 1.82) is 0 Å². The Hall–Kier alpha value is -2.74. The number of amides is 1. The van der Waals surface area contributed by atoms with E-state index in [2.05, 4.69) is 10.2 Å². The highest BCUT2D eigenvalue weighted by molar-refractivity contribution is 5.93. The predicted molar refractivity (Wildman–Crippen MR) is 111 cm³/mol. The van der Waals surface area contributed by atoms with Crippen molar-refractivity contribution in [3.63, 3.8) is 0 Å². The molecule has 3 rings (SSSR count). The number of halogens is 3. The Balaban J connectivity index is 1.68. The summed E-state index contributed by atoms with van der Waals surface area (Å²) in [5.41, 5.74) is 0.498. The molecule has 0 aliphatic carbocycles. The summed E-state index contributed by atoms with van der Waals surface area (Å²) in [4.78, 5) is 16.2. The molecule has 1 heterocycles. The maximum absolute atomic E-state index is 13.6. The summed E-state index contributed by atoms with van der Waals surface area (Å²) in [5, 5.41) is 2.34. The molecule has 2 aromatic rings. The van der Waals surface area contributed by atoms with E-state index in [9.17, 15) is 18.0 Å². The van der Waals surface area contributed by atoms with Crippen molar-refractivity contribution in [3.05, 3.63) is 53.6 Å². The second-order valence-electron chi connectivity index (χ2n) is 7.35. The quantitative estimate of drug-likeness (QED) is 0.765. The van der Waals surface area contributed by atoms with Gasteiger partial charge in [0.1, 0.15) is 5.75 Å². The van der Waals surface area contributed by atoms with Crippen LogP contribution in [0.15, 0.2) is 42.5 Å². The number of hydrogen-bond donors (Lipinski definition) is 1. The number of carbonyl (C=O) groups is 1. The van der Waals surface area contributed by atoms with E-state index in [0.29, 0.717) is 24.5 Å². The number of hydrogen-bond acceptors (Lipinski definition) is 4. The lowest BCUT2D eigenvalue weighted by molar-refractivity contribution is -0.137. The molecular weight excluding hydrogens is 395 g/mol. The molecule has 0 atom stereocenters. The first kappa shape index (κ1) is 22.0. The van der Waals surface area contributed by atoms with Crippen molar-refractivity contribution in [2.75, 3.05) is 50.1 Å². The normalized spacial score (nSPS) is 15.2. The Morgan fingerprint density at radius 3 is 2.33 bits per heavy atom. The van der Waals surface area contributed by atoms with Crippen LogP contribution in [-0.2, 0) is 17.4 Å². The van der Waals surface area contributed by atoms with Crippen LogP contribution in [0.25, 0.3) is 0 Å². The molecule has 0 radical (unpaired) electrons. The number of aryl methyl sites for hydroxylation is 1. The zero-order valence-electron chi connectivity index (χ0n) is 17.1. The molecule has 1 saturated heterocycles. The molecule has 1 aliphatic heterocycles. The van der Waals surface area contributed by atoms with Gasteiger partial charge in [0.2, 0.25) is 0 Å². The van der Waals surface area contributed by atoms with Crippen molar-refractivity contribution >= 4 is 17.3 Å². The van der Waals surface area contributed by atoms with Gasteiger partial charge in [-0.05, 0) is 49.4 Å². The van der Waals surface area contributed by atoms with Gasteiger partial charge in [-0.2, -0.15) is 13.2 Å². The number of benzene rings is 2. The van der Waals surface area contributed by atoms with E-state index in [1.165, 1.54) is 6.07 Å². The van der Waals surface area contributed by atoms with Crippen molar-refractivity contribution in [3.8, 4) is 5.75 Å². The molecule has 1 fully saturated rings. The Bertz CT molecular complexity index is 861. The number of nitrogens with one attached hydrogen (secondary N) is 1. The predicted octanol–water partition coefficient (Wildman–Crippen LogP) is 4.04. The molecule has 0 unspecified atom stereocenters. The molecule has 0 saturated carbocycles.